The summed E-state index contributed by atoms with van der Waals surface area (Å²) >= 11 is 0. The fourth-order valence-electron chi connectivity index (χ4n) is 2.30. The molecule has 0 bridgehead atoms. The topological polar surface area (TPSA) is 95.6 Å². The molecule has 2 heterocycles. The van der Waals surface area contributed by atoms with Crippen molar-refractivity contribution in [1.29, 1.82) is 0 Å². The van der Waals surface area contributed by atoms with Crippen molar-refractivity contribution in [1.82, 2.24) is 30.8 Å². The minimum Gasteiger partial charge on any atom is -0.334 e. The van der Waals surface area contributed by atoms with Gasteiger partial charge in [0.05, 0.1) is 0 Å². The van der Waals surface area contributed by atoms with Crippen molar-refractivity contribution < 1.29 is 4.79 Å². The predicted molar refractivity (Wildman–Crippen MR) is 89.0 cm³/mol. The Morgan fingerprint density at radius 3 is 2.71 bits per heavy atom. The van der Waals surface area contributed by atoms with E-state index in [9.17, 15) is 4.79 Å². The van der Waals surface area contributed by atoms with Gasteiger partial charge in [0.15, 0.2) is 5.82 Å². The van der Waals surface area contributed by atoms with Crippen molar-refractivity contribution in [3.8, 4) is 0 Å². The van der Waals surface area contributed by atoms with E-state index in [-0.39, 0.29) is 6.03 Å². The number of aromatic amines is 1. The number of benzene rings is 1. The van der Waals surface area contributed by atoms with Crippen molar-refractivity contribution in [2.75, 3.05) is 0 Å². The van der Waals surface area contributed by atoms with Crippen LogP contribution in [0.2, 0.25) is 0 Å². The maximum atomic E-state index is 12.3. The summed E-state index contributed by atoms with van der Waals surface area (Å²) in [5, 5.41) is 12.7. The summed E-state index contributed by atoms with van der Waals surface area (Å²) in [5.74, 6) is 1.22. The number of nitrogens with one attached hydrogen (secondary N) is 3. The molecule has 2 aromatic heterocycles. The van der Waals surface area contributed by atoms with Crippen molar-refractivity contribution in [3.05, 3.63) is 77.6 Å². The molecule has 0 saturated heterocycles. The lowest BCUT2D eigenvalue weighted by Gasteiger charge is -2.17. The number of aromatic nitrogens is 4. The third kappa shape index (κ3) is 3.95. The maximum Gasteiger partial charge on any atom is 0.315 e. The molecule has 0 saturated carbocycles. The molecule has 3 aromatic rings. The molecule has 1 aromatic carbocycles. The number of nitrogens with zero attached hydrogens (tertiary/aromatic N) is 3. The van der Waals surface area contributed by atoms with Crippen LogP contribution in [0.15, 0.2) is 54.9 Å². The number of urea groups is 1. The van der Waals surface area contributed by atoms with Crippen molar-refractivity contribution in [2.24, 2.45) is 0 Å². The van der Waals surface area contributed by atoms with Crippen LogP contribution in [0.3, 0.4) is 0 Å². The molecule has 3 rings (SSSR count). The molecule has 0 radical (unpaired) electrons. The van der Waals surface area contributed by atoms with E-state index in [2.05, 4.69) is 30.8 Å². The monoisotopic (exact) mass is 322 g/mol. The Kier molecular flexibility index (Phi) is 4.81. The van der Waals surface area contributed by atoms with Gasteiger partial charge in [0.25, 0.3) is 0 Å². The summed E-state index contributed by atoms with van der Waals surface area (Å²) in [6.07, 6.45) is 3.41. The summed E-state index contributed by atoms with van der Waals surface area (Å²) in [7, 11) is 0. The Balaban J connectivity index is 1.71. The maximum absolute atomic E-state index is 12.3. The number of aryl methyl sites for hydroxylation is 1. The Morgan fingerprint density at radius 2 is 2.04 bits per heavy atom. The summed E-state index contributed by atoms with van der Waals surface area (Å²) in [4.78, 5) is 20.6. The van der Waals surface area contributed by atoms with E-state index >= 15 is 0 Å². The Labute approximate surface area is 139 Å². The average Bonchev–Trinajstić information content (AvgIpc) is 3.05. The number of rotatable bonds is 5. The fraction of sp³-hybridized carbons (Fsp3) is 0.176. The number of hydrogen-bond donors (Lipinski definition) is 3. The minimum atomic E-state index is -0.426. The van der Waals surface area contributed by atoms with Crippen LogP contribution in [0.25, 0.3) is 0 Å². The lowest BCUT2D eigenvalue weighted by molar-refractivity contribution is 0.238. The molecule has 0 spiro atoms. The quantitative estimate of drug-likeness (QED) is 0.670. The molecule has 2 amide bonds. The predicted octanol–water partition coefficient (Wildman–Crippen LogP) is 2.10. The Hall–Kier alpha value is -3.22. The van der Waals surface area contributed by atoms with Gasteiger partial charge >= 0.3 is 6.03 Å². The SMILES string of the molecule is Cc1nc([C@H](NC(=O)NCc2cccnc2)c2ccccc2)n[nH]1. The summed E-state index contributed by atoms with van der Waals surface area (Å²) in [6, 6.07) is 12.6. The molecule has 0 aliphatic carbocycles. The summed E-state index contributed by atoms with van der Waals surface area (Å²) < 4.78 is 0. The van der Waals surface area contributed by atoms with E-state index in [0.717, 1.165) is 11.1 Å². The van der Waals surface area contributed by atoms with Gasteiger partial charge in [-0.05, 0) is 24.1 Å². The molecule has 1 atom stereocenters. The van der Waals surface area contributed by atoms with E-state index in [0.29, 0.717) is 18.2 Å². The third-order valence-corrected chi connectivity index (χ3v) is 3.46. The van der Waals surface area contributed by atoms with Gasteiger partial charge in [-0.3, -0.25) is 10.1 Å². The molecule has 3 N–H and O–H groups in total. The van der Waals surface area contributed by atoms with Gasteiger partial charge in [0.2, 0.25) is 0 Å². The largest absolute Gasteiger partial charge is 0.334 e. The van der Waals surface area contributed by atoms with Crippen LogP contribution >= 0.6 is 0 Å². The molecule has 0 unspecified atom stereocenters. The normalized spacial score (nSPS) is 11.7. The van der Waals surface area contributed by atoms with Crippen LogP contribution in [0.5, 0.6) is 0 Å². The Morgan fingerprint density at radius 1 is 1.21 bits per heavy atom. The van der Waals surface area contributed by atoms with Crippen molar-refractivity contribution in [2.45, 2.75) is 19.5 Å². The molecule has 0 aliphatic heterocycles. The van der Waals surface area contributed by atoms with Gasteiger partial charge in [-0.25, -0.2) is 9.78 Å². The van der Waals surface area contributed by atoms with Crippen LogP contribution < -0.4 is 10.6 Å². The molecular formula is C17H18N6O. The van der Waals surface area contributed by atoms with Crippen LogP contribution in [0, 0.1) is 6.92 Å². The summed E-state index contributed by atoms with van der Waals surface area (Å²) in [6.45, 7) is 2.22. The zero-order valence-corrected chi connectivity index (χ0v) is 13.2. The van der Waals surface area contributed by atoms with Crippen LogP contribution in [0.1, 0.15) is 28.8 Å². The van der Waals surface area contributed by atoms with Crippen molar-refractivity contribution in [3.63, 3.8) is 0 Å². The first-order chi connectivity index (χ1) is 11.7. The van der Waals surface area contributed by atoms with Gasteiger partial charge in [-0.2, -0.15) is 5.10 Å². The molecule has 122 valence electrons. The standard InChI is InChI=1S/C17H18N6O/c1-12-20-16(23-22-12)15(14-7-3-2-4-8-14)21-17(24)19-11-13-6-5-9-18-10-13/h2-10,15H,11H2,1H3,(H2,19,21,24)(H,20,22,23)/t15-/m1/s1. The smallest absolute Gasteiger partial charge is 0.315 e. The lowest BCUT2D eigenvalue weighted by Crippen LogP contribution is -2.38. The number of pyridine rings is 1. The first-order valence-electron chi connectivity index (χ1n) is 7.59. The van der Waals surface area contributed by atoms with E-state index in [1.807, 2.05) is 49.4 Å². The van der Waals surface area contributed by atoms with Crippen LogP contribution in [0.4, 0.5) is 4.79 Å². The van der Waals surface area contributed by atoms with Crippen LogP contribution in [-0.2, 0) is 6.54 Å². The van der Waals surface area contributed by atoms with E-state index in [4.69, 9.17) is 0 Å². The number of carbonyl (C=O) groups is 1. The van der Waals surface area contributed by atoms with Gasteiger partial charge in [0, 0.05) is 18.9 Å². The highest BCUT2D eigenvalue weighted by atomic mass is 16.2. The fourth-order valence-corrected chi connectivity index (χ4v) is 2.30. The van der Waals surface area contributed by atoms with Crippen LogP contribution in [-0.4, -0.2) is 26.2 Å². The lowest BCUT2D eigenvalue weighted by atomic mass is 10.1. The molecule has 7 nitrogen and oxygen atoms in total. The zero-order valence-electron chi connectivity index (χ0n) is 13.2. The second-order valence-corrected chi connectivity index (χ2v) is 5.31. The molecular weight excluding hydrogens is 304 g/mol. The molecule has 0 fully saturated rings. The van der Waals surface area contributed by atoms with Gasteiger partial charge in [-0.15, -0.1) is 0 Å². The number of carbonyl (C=O) groups excluding carboxylic acids is 1. The Bertz CT molecular complexity index is 787. The first kappa shape index (κ1) is 15.7. The number of hydrogen-bond acceptors (Lipinski definition) is 4. The van der Waals surface area contributed by atoms with Gasteiger partial charge in [-0.1, -0.05) is 36.4 Å². The minimum absolute atomic E-state index is 0.296. The number of H-pyrrole nitrogens is 1. The molecule has 24 heavy (non-hydrogen) atoms. The molecule has 0 aliphatic rings. The summed E-state index contributed by atoms with van der Waals surface area (Å²) in [5.41, 5.74) is 1.84. The third-order valence-electron chi connectivity index (χ3n) is 3.46. The van der Waals surface area contributed by atoms with Gasteiger partial charge < -0.3 is 10.6 Å². The second-order valence-electron chi connectivity index (χ2n) is 5.31. The second kappa shape index (κ2) is 7.36. The van der Waals surface area contributed by atoms with E-state index < -0.39 is 6.04 Å². The highest BCUT2D eigenvalue weighted by Crippen LogP contribution is 2.18. The zero-order chi connectivity index (χ0) is 16.8. The molecule has 7 heteroatoms. The van der Waals surface area contributed by atoms with Gasteiger partial charge in [0.1, 0.15) is 11.9 Å². The highest BCUT2D eigenvalue weighted by molar-refractivity contribution is 5.74. The van der Waals surface area contributed by atoms with Crippen molar-refractivity contribution >= 4 is 6.03 Å². The first-order valence-corrected chi connectivity index (χ1v) is 7.59. The number of amides is 2. The van der Waals surface area contributed by atoms with E-state index in [1.165, 1.54) is 0 Å². The van der Waals surface area contributed by atoms with E-state index in [1.54, 1.807) is 12.4 Å². The average molecular weight is 322 g/mol. The highest BCUT2D eigenvalue weighted by Gasteiger charge is 2.20.